The van der Waals surface area contributed by atoms with Crippen LogP contribution in [0.15, 0.2) is 0 Å². The van der Waals surface area contributed by atoms with Crippen molar-refractivity contribution in [2.45, 2.75) is 46.0 Å². The molecule has 4 nitrogen and oxygen atoms in total. The van der Waals surface area contributed by atoms with Crippen LogP contribution in [-0.4, -0.2) is 42.2 Å². The van der Waals surface area contributed by atoms with Gasteiger partial charge in [-0.25, -0.2) is 0 Å². The van der Waals surface area contributed by atoms with Gasteiger partial charge in [0.25, 0.3) is 0 Å². The van der Waals surface area contributed by atoms with Crippen LogP contribution in [0.5, 0.6) is 0 Å². The number of carbonyl (C=O) groups excluding carboxylic acids is 1. The molecule has 0 aromatic rings. The molecular weight excluding hydrogens is 216 g/mol. The minimum absolute atomic E-state index is 0.147. The van der Waals surface area contributed by atoms with E-state index < -0.39 is 0 Å². The fourth-order valence-electron chi connectivity index (χ4n) is 1.99. The Balaban J connectivity index is 3.95. The molecule has 0 bridgehead atoms. The molecule has 17 heavy (non-hydrogen) atoms. The second-order valence-electron chi connectivity index (χ2n) is 4.44. The molecule has 1 atom stereocenters. The largest absolute Gasteiger partial charge is 0.396 e. The van der Waals surface area contributed by atoms with Crippen molar-refractivity contribution in [3.63, 3.8) is 0 Å². The van der Waals surface area contributed by atoms with Gasteiger partial charge in [-0.15, -0.1) is 0 Å². The SMILES string of the molecule is CCC(CCN)CCC(=O)N(CC)CCCO. The monoisotopic (exact) mass is 244 g/mol. The predicted octanol–water partition coefficient (Wildman–Crippen LogP) is 1.37. The van der Waals surface area contributed by atoms with Crippen molar-refractivity contribution < 1.29 is 9.90 Å². The van der Waals surface area contributed by atoms with E-state index in [-0.39, 0.29) is 12.5 Å². The molecule has 0 aliphatic rings. The Labute approximate surface area is 105 Å². The van der Waals surface area contributed by atoms with Gasteiger partial charge in [-0.05, 0) is 38.6 Å². The van der Waals surface area contributed by atoms with E-state index in [2.05, 4.69) is 6.92 Å². The molecule has 0 radical (unpaired) electrons. The van der Waals surface area contributed by atoms with Gasteiger partial charge in [-0.2, -0.15) is 0 Å². The Morgan fingerprint density at radius 1 is 1.35 bits per heavy atom. The van der Waals surface area contributed by atoms with Crippen LogP contribution >= 0.6 is 0 Å². The van der Waals surface area contributed by atoms with Gasteiger partial charge in [0, 0.05) is 26.1 Å². The number of carbonyl (C=O) groups is 1. The van der Waals surface area contributed by atoms with E-state index in [1.54, 1.807) is 0 Å². The lowest BCUT2D eigenvalue weighted by molar-refractivity contribution is -0.131. The van der Waals surface area contributed by atoms with Crippen LogP contribution < -0.4 is 5.73 Å². The minimum Gasteiger partial charge on any atom is -0.396 e. The molecule has 0 rings (SSSR count). The van der Waals surface area contributed by atoms with E-state index in [0.717, 1.165) is 25.8 Å². The van der Waals surface area contributed by atoms with Crippen molar-refractivity contribution in [1.82, 2.24) is 4.90 Å². The lowest BCUT2D eigenvalue weighted by Gasteiger charge is -2.22. The van der Waals surface area contributed by atoms with Crippen LogP contribution in [0, 0.1) is 5.92 Å². The van der Waals surface area contributed by atoms with E-state index in [1.807, 2.05) is 11.8 Å². The summed E-state index contributed by atoms with van der Waals surface area (Å²) in [5.41, 5.74) is 5.54. The molecule has 1 unspecified atom stereocenters. The number of hydrogen-bond acceptors (Lipinski definition) is 3. The van der Waals surface area contributed by atoms with Crippen molar-refractivity contribution in [2.75, 3.05) is 26.2 Å². The Morgan fingerprint density at radius 2 is 2.06 bits per heavy atom. The summed E-state index contributed by atoms with van der Waals surface area (Å²) in [5.74, 6) is 0.775. The highest BCUT2D eigenvalue weighted by molar-refractivity contribution is 5.76. The van der Waals surface area contributed by atoms with Gasteiger partial charge in [0.2, 0.25) is 5.91 Å². The summed E-state index contributed by atoms with van der Waals surface area (Å²) in [6.07, 6.45) is 4.30. The van der Waals surface area contributed by atoms with Crippen LogP contribution in [0.3, 0.4) is 0 Å². The van der Waals surface area contributed by atoms with Gasteiger partial charge in [-0.1, -0.05) is 13.3 Å². The smallest absolute Gasteiger partial charge is 0.222 e. The number of aliphatic hydroxyl groups excluding tert-OH is 1. The van der Waals surface area contributed by atoms with Crippen molar-refractivity contribution in [3.05, 3.63) is 0 Å². The summed E-state index contributed by atoms with van der Waals surface area (Å²) in [4.78, 5) is 13.7. The molecule has 0 spiro atoms. The molecule has 102 valence electrons. The maximum atomic E-state index is 11.9. The van der Waals surface area contributed by atoms with Gasteiger partial charge in [0.05, 0.1) is 0 Å². The molecule has 0 aliphatic heterocycles. The summed E-state index contributed by atoms with van der Waals surface area (Å²) in [5, 5.41) is 8.77. The average molecular weight is 244 g/mol. The second kappa shape index (κ2) is 10.5. The first-order valence-electron chi connectivity index (χ1n) is 6.78. The highest BCUT2D eigenvalue weighted by Crippen LogP contribution is 2.15. The molecule has 0 saturated heterocycles. The molecule has 0 aliphatic carbocycles. The highest BCUT2D eigenvalue weighted by Gasteiger charge is 2.13. The van der Waals surface area contributed by atoms with Crippen LogP contribution in [0.4, 0.5) is 0 Å². The van der Waals surface area contributed by atoms with Gasteiger partial charge >= 0.3 is 0 Å². The first kappa shape index (κ1) is 16.4. The third kappa shape index (κ3) is 7.34. The summed E-state index contributed by atoms with van der Waals surface area (Å²) >= 11 is 0. The fourth-order valence-corrected chi connectivity index (χ4v) is 1.99. The normalized spacial score (nSPS) is 12.5. The topological polar surface area (TPSA) is 66.6 Å². The summed E-state index contributed by atoms with van der Waals surface area (Å²) in [7, 11) is 0. The zero-order valence-electron chi connectivity index (χ0n) is 11.3. The minimum atomic E-state index is 0.147. The Kier molecular flexibility index (Phi) is 10.2. The van der Waals surface area contributed by atoms with E-state index in [1.165, 1.54) is 0 Å². The maximum absolute atomic E-state index is 11.9. The quantitative estimate of drug-likeness (QED) is 0.610. The van der Waals surface area contributed by atoms with Crippen LogP contribution in [0.25, 0.3) is 0 Å². The zero-order valence-corrected chi connectivity index (χ0v) is 11.3. The third-order valence-corrected chi connectivity index (χ3v) is 3.24. The Hall–Kier alpha value is -0.610. The molecule has 0 aromatic carbocycles. The maximum Gasteiger partial charge on any atom is 0.222 e. The first-order chi connectivity index (χ1) is 8.19. The average Bonchev–Trinajstić information content (AvgIpc) is 2.35. The highest BCUT2D eigenvalue weighted by atomic mass is 16.3. The van der Waals surface area contributed by atoms with Crippen LogP contribution in [0.2, 0.25) is 0 Å². The van der Waals surface area contributed by atoms with Crippen molar-refractivity contribution >= 4 is 5.91 Å². The second-order valence-corrected chi connectivity index (χ2v) is 4.44. The molecule has 0 heterocycles. The summed E-state index contributed by atoms with van der Waals surface area (Å²) < 4.78 is 0. The Morgan fingerprint density at radius 3 is 2.53 bits per heavy atom. The number of nitrogens with two attached hydrogens (primary N) is 1. The van der Waals surface area contributed by atoms with E-state index >= 15 is 0 Å². The van der Waals surface area contributed by atoms with E-state index in [0.29, 0.717) is 31.8 Å². The first-order valence-corrected chi connectivity index (χ1v) is 6.78. The van der Waals surface area contributed by atoms with Gasteiger partial charge in [0.15, 0.2) is 0 Å². The third-order valence-electron chi connectivity index (χ3n) is 3.24. The predicted molar refractivity (Wildman–Crippen MR) is 70.6 cm³/mol. The lowest BCUT2D eigenvalue weighted by Crippen LogP contribution is -2.32. The summed E-state index contributed by atoms with van der Waals surface area (Å²) in [6, 6.07) is 0. The van der Waals surface area contributed by atoms with Crippen LogP contribution in [0.1, 0.15) is 46.0 Å². The standard InChI is InChI=1S/C13H28N2O2/c1-3-12(8-9-14)6-7-13(17)15(4-2)10-5-11-16/h12,16H,3-11,14H2,1-2H3. The van der Waals surface area contributed by atoms with E-state index in [4.69, 9.17) is 10.8 Å². The molecule has 1 amide bonds. The molecule has 0 fully saturated rings. The molecule has 4 heteroatoms. The van der Waals surface area contributed by atoms with E-state index in [9.17, 15) is 4.79 Å². The summed E-state index contributed by atoms with van der Waals surface area (Å²) in [6.45, 7) is 6.37. The number of rotatable bonds is 10. The van der Waals surface area contributed by atoms with Crippen molar-refractivity contribution in [2.24, 2.45) is 11.7 Å². The number of aliphatic hydroxyl groups is 1. The lowest BCUT2D eigenvalue weighted by atomic mass is 9.96. The van der Waals surface area contributed by atoms with Gasteiger partial charge in [0.1, 0.15) is 0 Å². The van der Waals surface area contributed by atoms with Gasteiger partial charge in [-0.3, -0.25) is 4.79 Å². The Bertz CT molecular complexity index is 198. The van der Waals surface area contributed by atoms with Crippen LogP contribution in [-0.2, 0) is 4.79 Å². The van der Waals surface area contributed by atoms with Crippen molar-refractivity contribution in [1.29, 1.82) is 0 Å². The number of amides is 1. The zero-order chi connectivity index (χ0) is 13.1. The molecular formula is C13H28N2O2. The van der Waals surface area contributed by atoms with Gasteiger partial charge < -0.3 is 15.7 Å². The fraction of sp³-hybridized carbons (Fsp3) is 0.923. The number of hydrogen-bond donors (Lipinski definition) is 2. The van der Waals surface area contributed by atoms with Crippen molar-refractivity contribution in [3.8, 4) is 0 Å². The molecule has 0 aromatic heterocycles. The number of nitrogens with zero attached hydrogens (tertiary/aromatic N) is 1. The molecule has 0 saturated carbocycles. The molecule has 3 N–H and O–H groups in total.